The van der Waals surface area contributed by atoms with Crippen LogP contribution in [-0.2, 0) is 0 Å². The number of rotatable bonds is 3. The third kappa shape index (κ3) is 3.97. The Kier molecular flexibility index (Phi) is 5.05. The summed E-state index contributed by atoms with van der Waals surface area (Å²) < 4.78 is 13.8. The van der Waals surface area contributed by atoms with Crippen LogP contribution in [0, 0.1) is 5.82 Å². The molecule has 1 amide bonds. The van der Waals surface area contributed by atoms with Gasteiger partial charge < -0.3 is 10.3 Å². The van der Waals surface area contributed by atoms with E-state index in [4.69, 9.17) is 0 Å². The van der Waals surface area contributed by atoms with Gasteiger partial charge in [-0.15, -0.1) is 0 Å². The lowest BCUT2D eigenvalue weighted by Gasteiger charge is -2.20. The first-order valence-electron chi connectivity index (χ1n) is 8.33. The van der Waals surface area contributed by atoms with E-state index in [0.717, 1.165) is 12.8 Å². The highest BCUT2D eigenvalue weighted by molar-refractivity contribution is 5.94. The number of nitrogens with one attached hydrogen (secondary N) is 2. The summed E-state index contributed by atoms with van der Waals surface area (Å²) >= 11 is 0. The molecule has 3 rings (SSSR count). The Balaban J connectivity index is 1.67. The fourth-order valence-electron chi connectivity index (χ4n) is 3.15. The van der Waals surface area contributed by atoms with Crippen molar-refractivity contribution in [2.75, 3.05) is 0 Å². The Morgan fingerprint density at radius 3 is 2.70 bits per heavy atom. The van der Waals surface area contributed by atoms with Crippen molar-refractivity contribution in [3.05, 3.63) is 42.2 Å². The van der Waals surface area contributed by atoms with Crippen LogP contribution in [0.15, 0.2) is 30.7 Å². The molecule has 23 heavy (non-hydrogen) atoms. The molecule has 0 unspecified atom stereocenters. The molecule has 0 aromatic carbocycles. The summed E-state index contributed by atoms with van der Waals surface area (Å²) in [5, 5.41) is 3.11. The molecule has 1 fully saturated rings. The summed E-state index contributed by atoms with van der Waals surface area (Å²) in [7, 11) is 0. The molecular weight excluding hydrogens is 293 g/mol. The van der Waals surface area contributed by atoms with Gasteiger partial charge in [0.15, 0.2) is 0 Å². The average Bonchev–Trinajstić information content (AvgIpc) is 3.00. The molecule has 2 N–H and O–H groups in total. The Bertz CT molecular complexity index is 660. The van der Waals surface area contributed by atoms with Crippen LogP contribution in [-0.4, -0.2) is 21.9 Å². The fourth-order valence-corrected chi connectivity index (χ4v) is 3.15. The lowest BCUT2D eigenvalue weighted by molar-refractivity contribution is 0.0926. The number of carbonyl (C=O) groups is 1. The van der Waals surface area contributed by atoms with E-state index in [1.54, 1.807) is 24.5 Å². The summed E-state index contributed by atoms with van der Waals surface area (Å²) in [5.41, 5.74) is 1.58. The molecule has 122 valence electrons. The van der Waals surface area contributed by atoms with Crippen molar-refractivity contribution in [3.63, 3.8) is 0 Å². The largest absolute Gasteiger partial charge is 0.357 e. The predicted octanol–water partition coefficient (Wildman–Crippen LogP) is 4.06. The molecule has 2 heterocycles. The molecule has 0 bridgehead atoms. The molecular formula is C18H22FN3O. The first-order chi connectivity index (χ1) is 11.2. The summed E-state index contributed by atoms with van der Waals surface area (Å²) in [6.45, 7) is 0. The highest BCUT2D eigenvalue weighted by Crippen LogP contribution is 2.23. The molecule has 1 saturated carbocycles. The van der Waals surface area contributed by atoms with Crippen LogP contribution in [0.1, 0.15) is 55.4 Å². The van der Waals surface area contributed by atoms with E-state index in [1.807, 2.05) is 0 Å². The summed E-state index contributed by atoms with van der Waals surface area (Å²) in [4.78, 5) is 19.1. The number of H-pyrrole nitrogens is 1. The van der Waals surface area contributed by atoms with E-state index in [-0.39, 0.29) is 11.9 Å². The average molecular weight is 315 g/mol. The zero-order chi connectivity index (χ0) is 16.1. The molecule has 4 nitrogen and oxygen atoms in total. The van der Waals surface area contributed by atoms with Crippen molar-refractivity contribution in [3.8, 4) is 11.1 Å². The van der Waals surface area contributed by atoms with Crippen LogP contribution in [0.2, 0.25) is 0 Å². The Morgan fingerprint density at radius 1 is 1.22 bits per heavy atom. The number of aromatic nitrogens is 2. The van der Waals surface area contributed by atoms with E-state index in [1.165, 1.54) is 38.3 Å². The predicted molar refractivity (Wildman–Crippen MR) is 87.6 cm³/mol. The highest BCUT2D eigenvalue weighted by Gasteiger charge is 2.17. The molecule has 1 aliphatic carbocycles. The number of aromatic amines is 1. The number of carbonyl (C=O) groups excluding carboxylic acids is 1. The summed E-state index contributed by atoms with van der Waals surface area (Å²) in [6, 6.07) is 3.54. The minimum atomic E-state index is -0.390. The van der Waals surface area contributed by atoms with Crippen LogP contribution in [0.5, 0.6) is 0 Å². The minimum absolute atomic E-state index is 0.115. The summed E-state index contributed by atoms with van der Waals surface area (Å²) in [5.74, 6) is -0.505. The second-order valence-corrected chi connectivity index (χ2v) is 6.17. The van der Waals surface area contributed by atoms with Crippen LogP contribution >= 0.6 is 0 Å². The van der Waals surface area contributed by atoms with Gasteiger partial charge in [-0.2, -0.15) is 0 Å². The first-order valence-corrected chi connectivity index (χ1v) is 8.33. The topological polar surface area (TPSA) is 57.8 Å². The van der Waals surface area contributed by atoms with Gasteiger partial charge >= 0.3 is 0 Å². The maximum atomic E-state index is 13.8. The Hall–Kier alpha value is -2.17. The number of amides is 1. The zero-order valence-corrected chi connectivity index (χ0v) is 13.1. The van der Waals surface area contributed by atoms with Gasteiger partial charge in [0, 0.05) is 29.6 Å². The molecule has 0 aliphatic heterocycles. The van der Waals surface area contributed by atoms with E-state index in [2.05, 4.69) is 15.3 Å². The van der Waals surface area contributed by atoms with Gasteiger partial charge in [0.05, 0.1) is 6.20 Å². The Morgan fingerprint density at radius 2 is 1.96 bits per heavy atom. The van der Waals surface area contributed by atoms with Crippen molar-refractivity contribution < 1.29 is 9.18 Å². The van der Waals surface area contributed by atoms with Gasteiger partial charge in [0.2, 0.25) is 0 Å². The zero-order valence-electron chi connectivity index (χ0n) is 13.1. The van der Waals surface area contributed by atoms with Crippen molar-refractivity contribution >= 4 is 5.91 Å². The van der Waals surface area contributed by atoms with Crippen molar-refractivity contribution in [1.82, 2.24) is 15.3 Å². The van der Waals surface area contributed by atoms with Gasteiger partial charge in [-0.3, -0.25) is 9.78 Å². The van der Waals surface area contributed by atoms with Gasteiger partial charge in [-0.05, 0) is 25.0 Å². The monoisotopic (exact) mass is 315 g/mol. The SMILES string of the molecule is O=C(NC1CCCCCCC1)c1cc(-c2ccncc2F)c[nH]1. The number of pyridine rings is 1. The van der Waals surface area contributed by atoms with E-state index in [0.29, 0.717) is 16.8 Å². The molecule has 0 spiro atoms. The molecule has 2 aromatic rings. The number of nitrogens with zero attached hydrogens (tertiary/aromatic N) is 1. The molecule has 0 radical (unpaired) electrons. The van der Waals surface area contributed by atoms with Crippen LogP contribution < -0.4 is 5.32 Å². The first kappa shape index (κ1) is 15.7. The molecule has 0 atom stereocenters. The summed E-state index contributed by atoms with van der Waals surface area (Å²) in [6.07, 6.45) is 12.6. The van der Waals surface area contributed by atoms with Gasteiger partial charge in [0.25, 0.3) is 5.91 Å². The second-order valence-electron chi connectivity index (χ2n) is 6.17. The van der Waals surface area contributed by atoms with Crippen LogP contribution in [0.3, 0.4) is 0 Å². The lowest BCUT2D eigenvalue weighted by atomic mass is 9.96. The van der Waals surface area contributed by atoms with Crippen molar-refractivity contribution in [1.29, 1.82) is 0 Å². The van der Waals surface area contributed by atoms with Gasteiger partial charge in [0.1, 0.15) is 11.5 Å². The lowest BCUT2D eigenvalue weighted by Crippen LogP contribution is -2.35. The number of hydrogen-bond donors (Lipinski definition) is 2. The molecule has 0 saturated heterocycles. The highest BCUT2D eigenvalue weighted by atomic mass is 19.1. The Labute approximate surface area is 135 Å². The fraction of sp³-hybridized carbons (Fsp3) is 0.444. The van der Waals surface area contributed by atoms with Gasteiger partial charge in [-0.25, -0.2) is 4.39 Å². The third-order valence-corrected chi connectivity index (χ3v) is 4.45. The maximum absolute atomic E-state index is 13.8. The van der Waals surface area contributed by atoms with E-state index in [9.17, 15) is 9.18 Å². The van der Waals surface area contributed by atoms with Crippen LogP contribution in [0.4, 0.5) is 4.39 Å². The number of halogens is 1. The number of hydrogen-bond acceptors (Lipinski definition) is 2. The van der Waals surface area contributed by atoms with Crippen molar-refractivity contribution in [2.45, 2.75) is 51.0 Å². The van der Waals surface area contributed by atoms with Crippen molar-refractivity contribution in [2.24, 2.45) is 0 Å². The van der Waals surface area contributed by atoms with Crippen LogP contribution in [0.25, 0.3) is 11.1 Å². The normalized spacial score (nSPS) is 16.6. The van der Waals surface area contributed by atoms with E-state index < -0.39 is 5.82 Å². The van der Waals surface area contributed by atoms with E-state index >= 15 is 0 Å². The quantitative estimate of drug-likeness (QED) is 0.897. The smallest absolute Gasteiger partial charge is 0.267 e. The second kappa shape index (κ2) is 7.40. The molecule has 2 aromatic heterocycles. The molecule has 1 aliphatic rings. The standard InChI is InChI=1S/C18H22FN3O/c19-16-12-20-9-8-15(16)13-10-17(21-11-13)18(23)22-14-6-4-2-1-3-5-7-14/h8-12,14,21H,1-7H2,(H,22,23). The maximum Gasteiger partial charge on any atom is 0.267 e. The molecule has 5 heteroatoms. The minimum Gasteiger partial charge on any atom is -0.357 e. The third-order valence-electron chi connectivity index (χ3n) is 4.45. The van der Waals surface area contributed by atoms with Gasteiger partial charge in [-0.1, -0.05) is 32.1 Å².